The van der Waals surface area contributed by atoms with Crippen LogP contribution < -0.4 is 5.32 Å². The first-order chi connectivity index (χ1) is 9.97. The molecule has 5 heteroatoms. The molecule has 112 valence electrons. The van der Waals surface area contributed by atoms with E-state index in [1.54, 1.807) is 18.2 Å². The molecule has 0 saturated heterocycles. The van der Waals surface area contributed by atoms with Gasteiger partial charge in [0.2, 0.25) is 0 Å². The van der Waals surface area contributed by atoms with E-state index in [1.165, 1.54) is 24.3 Å². The van der Waals surface area contributed by atoms with Gasteiger partial charge in [-0.2, -0.15) is 8.78 Å². The summed E-state index contributed by atoms with van der Waals surface area (Å²) in [4.78, 5) is 0. The molecule has 1 nitrogen and oxygen atoms in total. The van der Waals surface area contributed by atoms with Crippen LogP contribution in [0, 0.1) is 11.6 Å². The molecule has 0 aliphatic heterocycles. The number of alkyl halides is 2. The monoisotopic (exact) mass is 297 g/mol. The van der Waals surface area contributed by atoms with Crippen LogP contribution in [0.5, 0.6) is 0 Å². The highest BCUT2D eigenvalue weighted by molar-refractivity contribution is 5.20. The fourth-order valence-electron chi connectivity index (χ4n) is 2.02. The predicted octanol–water partition coefficient (Wildman–Crippen LogP) is 3.89. The van der Waals surface area contributed by atoms with Gasteiger partial charge in [-0.05, 0) is 30.7 Å². The molecule has 0 saturated carbocycles. The summed E-state index contributed by atoms with van der Waals surface area (Å²) in [6.07, 6.45) is 0.277. The van der Waals surface area contributed by atoms with Crippen LogP contribution in [0.4, 0.5) is 17.6 Å². The number of nitrogens with one attached hydrogen (secondary N) is 1. The maximum absolute atomic E-state index is 13.8. The number of rotatable bonds is 6. The second kappa shape index (κ2) is 6.72. The lowest BCUT2D eigenvalue weighted by atomic mass is 10.1. The fraction of sp³-hybridized carbons (Fsp3) is 0.250. The Morgan fingerprint density at radius 1 is 0.905 bits per heavy atom. The predicted molar refractivity (Wildman–Crippen MR) is 73.3 cm³/mol. The molecule has 1 N–H and O–H groups in total. The number of halogens is 4. The van der Waals surface area contributed by atoms with Gasteiger partial charge in [-0.15, -0.1) is 0 Å². The Bertz CT molecular complexity index is 564. The van der Waals surface area contributed by atoms with E-state index >= 15 is 0 Å². The Kier molecular flexibility index (Phi) is 4.96. The van der Waals surface area contributed by atoms with Gasteiger partial charge in [0.05, 0.1) is 6.54 Å². The maximum atomic E-state index is 13.8. The SMILES string of the molecule is Fc1cc(F)cc(CCNCC(F)(F)c2ccccc2)c1. The molecule has 0 aliphatic carbocycles. The summed E-state index contributed by atoms with van der Waals surface area (Å²) < 4.78 is 53.6. The lowest BCUT2D eigenvalue weighted by molar-refractivity contribution is -0.00286. The summed E-state index contributed by atoms with van der Waals surface area (Å²) in [6.45, 7) is -0.305. The van der Waals surface area contributed by atoms with Gasteiger partial charge in [0.1, 0.15) is 11.6 Å². The number of hydrogen-bond donors (Lipinski definition) is 1. The van der Waals surface area contributed by atoms with Crippen molar-refractivity contribution in [2.75, 3.05) is 13.1 Å². The minimum absolute atomic E-state index is 0.0608. The summed E-state index contributed by atoms with van der Waals surface area (Å²) >= 11 is 0. The third kappa shape index (κ3) is 4.56. The van der Waals surface area contributed by atoms with E-state index in [0.717, 1.165) is 6.07 Å². The Labute approximate surface area is 120 Å². The standard InChI is InChI=1S/C16H15F4N/c17-14-8-12(9-15(18)10-14)6-7-21-11-16(19,20)13-4-2-1-3-5-13/h1-5,8-10,21H,6-7,11H2. The minimum Gasteiger partial charge on any atom is -0.311 e. The molecule has 0 aliphatic rings. The summed E-state index contributed by atoms with van der Waals surface area (Å²) in [5, 5.41) is 2.62. The molecule has 21 heavy (non-hydrogen) atoms. The van der Waals surface area contributed by atoms with Crippen molar-refractivity contribution in [1.29, 1.82) is 0 Å². The maximum Gasteiger partial charge on any atom is 0.285 e. The second-order valence-corrected chi connectivity index (χ2v) is 4.77. The van der Waals surface area contributed by atoms with Crippen LogP contribution in [0.2, 0.25) is 0 Å². The van der Waals surface area contributed by atoms with E-state index in [4.69, 9.17) is 0 Å². The minimum atomic E-state index is -2.98. The zero-order chi connectivity index (χ0) is 15.3. The molecule has 0 fully saturated rings. The zero-order valence-corrected chi connectivity index (χ0v) is 11.3. The molecule has 0 heterocycles. The molecule has 0 radical (unpaired) electrons. The largest absolute Gasteiger partial charge is 0.311 e. The lowest BCUT2D eigenvalue weighted by Crippen LogP contribution is -2.32. The van der Waals surface area contributed by atoms with Gasteiger partial charge in [-0.25, -0.2) is 8.78 Å². The van der Waals surface area contributed by atoms with Crippen LogP contribution in [-0.2, 0) is 12.3 Å². The molecule has 2 aromatic rings. The Balaban J connectivity index is 1.84. The first kappa shape index (κ1) is 15.5. The lowest BCUT2D eigenvalue weighted by Gasteiger charge is -2.17. The highest BCUT2D eigenvalue weighted by atomic mass is 19.3. The quantitative estimate of drug-likeness (QED) is 0.630. The highest BCUT2D eigenvalue weighted by Gasteiger charge is 2.30. The van der Waals surface area contributed by atoms with Gasteiger partial charge in [0, 0.05) is 11.6 Å². The first-order valence-corrected chi connectivity index (χ1v) is 6.56. The fourth-order valence-corrected chi connectivity index (χ4v) is 2.02. The van der Waals surface area contributed by atoms with E-state index in [9.17, 15) is 17.6 Å². The van der Waals surface area contributed by atoms with Crippen LogP contribution in [0.15, 0.2) is 48.5 Å². The molecule has 0 aromatic heterocycles. The van der Waals surface area contributed by atoms with Gasteiger partial charge in [0.25, 0.3) is 5.92 Å². The molecule has 0 spiro atoms. The zero-order valence-electron chi connectivity index (χ0n) is 11.3. The van der Waals surface area contributed by atoms with Gasteiger partial charge in [-0.1, -0.05) is 30.3 Å². The van der Waals surface area contributed by atoms with E-state index in [-0.39, 0.29) is 18.5 Å². The summed E-state index contributed by atoms with van der Waals surface area (Å²) in [7, 11) is 0. The Morgan fingerprint density at radius 2 is 1.52 bits per heavy atom. The summed E-state index contributed by atoms with van der Waals surface area (Å²) in [5.74, 6) is -4.31. The van der Waals surface area contributed by atoms with Crippen LogP contribution in [0.25, 0.3) is 0 Å². The summed E-state index contributed by atoms with van der Waals surface area (Å²) in [5.41, 5.74) is 0.373. The van der Waals surface area contributed by atoms with Gasteiger partial charge in [-0.3, -0.25) is 0 Å². The van der Waals surface area contributed by atoms with Gasteiger partial charge >= 0.3 is 0 Å². The third-order valence-corrected chi connectivity index (χ3v) is 3.06. The van der Waals surface area contributed by atoms with E-state index in [0.29, 0.717) is 5.56 Å². The van der Waals surface area contributed by atoms with Gasteiger partial charge < -0.3 is 5.32 Å². The van der Waals surface area contributed by atoms with Gasteiger partial charge in [0.15, 0.2) is 0 Å². The normalized spacial score (nSPS) is 11.6. The smallest absolute Gasteiger partial charge is 0.285 e. The van der Waals surface area contributed by atoms with Crippen LogP contribution in [0.1, 0.15) is 11.1 Å². The molecular formula is C16H15F4N. The highest BCUT2D eigenvalue weighted by Crippen LogP contribution is 2.26. The molecule has 0 amide bonds. The molecular weight excluding hydrogens is 282 g/mol. The van der Waals surface area contributed by atoms with Crippen molar-refractivity contribution in [3.63, 3.8) is 0 Å². The van der Waals surface area contributed by atoms with E-state index in [2.05, 4.69) is 5.32 Å². The second-order valence-electron chi connectivity index (χ2n) is 4.77. The third-order valence-electron chi connectivity index (χ3n) is 3.06. The average molecular weight is 297 g/mol. The van der Waals surface area contributed by atoms with Crippen LogP contribution in [-0.4, -0.2) is 13.1 Å². The summed E-state index contributed by atoms with van der Waals surface area (Å²) in [6, 6.07) is 10.7. The average Bonchev–Trinajstić information content (AvgIpc) is 2.44. The Hall–Kier alpha value is -1.88. The van der Waals surface area contributed by atoms with Crippen molar-refractivity contribution in [2.45, 2.75) is 12.3 Å². The molecule has 2 rings (SSSR count). The number of benzene rings is 2. The van der Waals surface area contributed by atoms with Crippen molar-refractivity contribution in [1.82, 2.24) is 5.32 Å². The van der Waals surface area contributed by atoms with E-state index < -0.39 is 24.1 Å². The van der Waals surface area contributed by atoms with Crippen molar-refractivity contribution in [3.05, 3.63) is 71.3 Å². The molecule has 0 atom stereocenters. The molecule has 0 bridgehead atoms. The van der Waals surface area contributed by atoms with Crippen molar-refractivity contribution in [3.8, 4) is 0 Å². The van der Waals surface area contributed by atoms with Crippen molar-refractivity contribution in [2.24, 2.45) is 0 Å². The molecule has 0 unspecified atom stereocenters. The Morgan fingerprint density at radius 3 is 2.14 bits per heavy atom. The van der Waals surface area contributed by atoms with Crippen LogP contribution >= 0.6 is 0 Å². The number of hydrogen-bond acceptors (Lipinski definition) is 1. The van der Waals surface area contributed by atoms with Crippen molar-refractivity contribution >= 4 is 0 Å². The van der Waals surface area contributed by atoms with E-state index in [1.807, 2.05) is 0 Å². The topological polar surface area (TPSA) is 12.0 Å². The first-order valence-electron chi connectivity index (χ1n) is 6.56. The van der Waals surface area contributed by atoms with Crippen molar-refractivity contribution < 1.29 is 17.6 Å². The molecule has 2 aromatic carbocycles. The van der Waals surface area contributed by atoms with Crippen LogP contribution in [0.3, 0.4) is 0 Å².